The summed E-state index contributed by atoms with van der Waals surface area (Å²) in [6, 6.07) is 9.51. The standard InChI is InChI=1S/C27H31NO5/c1-30-24-14-11-20(16-23(24)29)6-5-15-28-22-12-9-19(10-13-22)7-8-21-17-25(31-2)27(33-4)26(18-21)32-3/h5,7-12,14-18,22,28-29H,6,13H2,1-4H3/b8-7-,15-5-. The third-order valence-electron chi connectivity index (χ3n) is 5.31. The van der Waals surface area contributed by atoms with Gasteiger partial charge in [0.15, 0.2) is 23.0 Å². The van der Waals surface area contributed by atoms with Crippen molar-refractivity contribution in [3.05, 3.63) is 83.6 Å². The molecule has 0 aliphatic heterocycles. The van der Waals surface area contributed by atoms with Gasteiger partial charge < -0.3 is 29.4 Å². The smallest absolute Gasteiger partial charge is 0.203 e. The van der Waals surface area contributed by atoms with Gasteiger partial charge >= 0.3 is 0 Å². The average Bonchev–Trinajstić information content (AvgIpc) is 2.85. The summed E-state index contributed by atoms with van der Waals surface area (Å²) < 4.78 is 21.3. The van der Waals surface area contributed by atoms with Crippen LogP contribution in [0.5, 0.6) is 28.7 Å². The fraction of sp³-hybridized carbons (Fsp3) is 0.259. The van der Waals surface area contributed by atoms with E-state index < -0.39 is 0 Å². The highest BCUT2D eigenvalue weighted by Crippen LogP contribution is 2.38. The van der Waals surface area contributed by atoms with E-state index in [9.17, 15) is 5.11 Å². The number of hydrogen-bond donors (Lipinski definition) is 2. The largest absolute Gasteiger partial charge is 0.504 e. The Morgan fingerprint density at radius 1 is 0.939 bits per heavy atom. The molecule has 0 saturated carbocycles. The number of allylic oxidation sites excluding steroid dienone is 4. The summed E-state index contributed by atoms with van der Waals surface area (Å²) in [6.07, 6.45) is 16.2. The lowest BCUT2D eigenvalue weighted by atomic mass is 10.0. The van der Waals surface area contributed by atoms with E-state index in [-0.39, 0.29) is 11.8 Å². The molecule has 0 aromatic heterocycles. The SMILES string of the molecule is COc1ccc(C/C=C\NC2C=CC(/C=C\c3cc(OC)c(OC)c(OC)c3)=CC2)cc1O. The Morgan fingerprint density at radius 2 is 1.67 bits per heavy atom. The second-order valence-electron chi connectivity index (χ2n) is 7.48. The highest BCUT2D eigenvalue weighted by atomic mass is 16.5. The molecule has 0 heterocycles. The first-order valence-electron chi connectivity index (χ1n) is 10.7. The fourth-order valence-corrected chi connectivity index (χ4v) is 3.52. The number of aromatic hydroxyl groups is 1. The molecule has 0 radical (unpaired) electrons. The van der Waals surface area contributed by atoms with E-state index >= 15 is 0 Å². The van der Waals surface area contributed by atoms with E-state index in [1.54, 1.807) is 40.6 Å². The van der Waals surface area contributed by atoms with E-state index in [1.165, 1.54) is 0 Å². The number of ether oxygens (including phenoxy) is 4. The lowest BCUT2D eigenvalue weighted by Crippen LogP contribution is -2.22. The molecule has 6 heteroatoms. The third-order valence-corrected chi connectivity index (χ3v) is 5.31. The van der Waals surface area contributed by atoms with Gasteiger partial charge in [0.2, 0.25) is 5.75 Å². The molecule has 6 nitrogen and oxygen atoms in total. The summed E-state index contributed by atoms with van der Waals surface area (Å²) in [5, 5.41) is 13.3. The van der Waals surface area contributed by atoms with Crippen LogP contribution in [0.25, 0.3) is 6.08 Å². The molecule has 0 fully saturated rings. The highest BCUT2D eigenvalue weighted by Gasteiger charge is 2.12. The maximum Gasteiger partial charge on any atom is 0.203 e. The predicted molar refractivity (Wildman–Crippen MR) is 131 cm³/mol. The monoisotopic (exact) mass is 449 g/mol. The van der Waals surface area contributed by atoms with Crippen molar-refractivity contribution in [3.63, 3.8) is 0 Å². The van der Waals surface area contributed by atoms with E-state index in [0.29, 0.717) is 23.0 Å². The van der Waals surface area contributed by atoms with Crippen LogP contribution in [0.4, 0.5) is 0 Å². The van der Waals surface area contributed by atoms with Crippen LogP contribution in [0.15, 0.2) is 72.5 Å². The summed E-state index contributed by atoms with van der Waals surface area (Å²) in [6.45, 7) is 0. The molecule has 33 heavy (non-hydrogen) atoms. The first kappa shape index (κ1) is 23.9. The number of nitrogens with one attached hydrogen (secondary N) is 1. The summed E-state index contributed by atoms with van der Waals surface area (Å²) in [5.41, 5.74) is 3.12. The van der Waals surface area contributed by atoms with Crippen molar-refractivity contribution in [2.45, 2.75) is 18.9 Å². The van der Waals surface area contributed by atoms with Crippen LogP contribution in [-0.2, 0) is 6.42 Å². The van der Waals surface area contributed by atoms with Crippen LogP contribution in [0.2, 0.25) is 0 Å². The quantitative estimate of drug-likeness (QED) is 0.530. The molecule has 1 aliphatic carbocycles. The van der Waals surface area contributed by atoms with Gasteiger partial charge in [0, 0.05) is 6.04 Å². The zero-order valence-electron chi connectivity index (χ0n) is 19.5. The zero-order valence-corrected chi connectivity index (χ0v) is 19.5. The van der Waals surface area contributed by atoms with E-state index in [4.69, 9.17) is 18.9 Å². The van der Waals surface area contributed by atoms with Crippen LogP contribution >= 0.6 is 0 Å². The molecule has 1 atom stereocenters. The maximum absolute atomic E-state index is 9.87. The molecular formula is C27H31NO5. The van der Waals surface area contributed by atoms with Gasteiger partial charge in [-0.25, -0.2) is 0 Å². The van der Waals surface area contributed by atoms with Gasteiger partial charge in [0.05, 0.1) is 28.4 Å². The Hall–Kier alpha value is -3.80. The molecule has 2 aromatic rings. The van der Waals surface area contributed by atoms with Gasteiger partial charge in [-0.15, -0.1) is 0 Å². The summed E-state index contributed by atoms with van der Waals surface area (Å²) in [5.74, 6) is 2.48. The van der Waals surface area contributed by atoms with Gasteiger partial charge in [-0.3, -0.25) is 0 Å². The lowest BCUT2D eigenvalue weighted by Gasteiger charge is -2.15. The predicted octanol–water partition coefficient (Wildman–Crippen LogP) is 5.04. The van der Waals surface area contributed by atoms with Gasteiger partial charge in [0.25, 0.3) is 0 Å². The van der Waals surface area contributed by atoms with Crippen LogP contribution in [-0.4, -0.2) is 39.6 Å². The Morgan fingerprint density at radius 3 is 2.24 bits per heavy atom. The Kier molecular flexibility index (Phi) is 8.47. The molecule has 0 amide bonds. The molecule has 2 aromatic carbocycles. The zero-order chi connectivity index (χ0) is 23.6. The third kappa shape index (κ3) is 6.35. The molecule has 0 bridgehead atoms. The van der Waals surface area contributed by atoms with Crippen molar-refractivity contribution in [2.24, 2.45) is 0 Å². The Balaban J connectivity index is 1.53. The van der Waals surface area contributed by atoms with Crippen molar-refractivity contribution in [1.82, 2.24) is 5.32 Å². The van der Waals surface area contributed by atoms with Crippen molar-refractivity contribution in [3.8, 4) is 28.7 Å². The molecular weight excluding hydrogens is 418 g/mol. The highest BCUT2D eigenvalue weighted by molar-refractivity contribution is 5.64. The normalized spacial score (nSPS) is 15.5. The Labute approximate surface area is 195 Å². The number of methoxy groups -OCH3 is 4. The van der Waals surface area contributed by atoms with Gasteiger partial charge in [0.1, 0.15) is 0 Å². The van der Waals surface area contributed by atoms with E-state index in [1.807, 2.05) is 36.6 Å². The molecule has 0 saturated heterocycles. The molecule has 1 unspecified atom stereocenters. The summed E-state index contributed by atoms with van der Waals surface area (Å²) in [4.78, 5) is 0. The molecule has 0 spiro atoms. The summed E-state index contributed by atoms with van der Waals surface area (Å²) >= 11 is 0. The van der Waals surface area contributed by atoms with Crippen LogP contribution in [0, 0.1) is 0 Å². The minimum absolute atomic E-state index is 0.156. The Bertz CT molecular complexity index is 1040. The van der Waals surface area contributed by atoms with Gasteiger partial charge in [-0.2, -0.15) is 0 Å². The van der Waals surface area contributed by atoms with E-state index in [2.05, 4.69) is 29.6 Å². The fourth-order valence-electron chi connectivity index (χ4n) is 3.52. The first-order chi connectivity index (χ1) is 16.1. The minimum Gasteiger partial charge on any atom is -0.504 e. The molecule has 3 rings (SSSR count). The van der Waals surface area contributed by atoms with Crippen LogP contribution in [0.3, 0.4) is 0 Å². The molecule has 2 N–H and O–H groups in total. The van der Waals surface area contributed by atoms with E-state index in [0.717, 1.165) is 29.5 Å². The second kappa shape index (κ2) is 11.7. The van der Waals surface area contributed by atoms with Gasteiger partial charge in [-0.05, 0) is 60.0 Å². The van der Waals surface area contributed by atoms with Crippen molar-refractivity contribution >= 4 is 6.08 Å². The first-order valence-corrected chi connectivity index (χ1v) is 10.7. The van der Waals surface area contributed by atoms with Crippen LogP contribution in [0.1, 0.15) is 17.5 Å². The number of hydrogen-bond acceptors (Lipinski definition) is 6. The van der Waals surface area contributed by atoms with Crippen molar-refractivity contribution < 1.29 is 24.1 Å². The number of benzene rings is 2. The topological polar surface area (TPSA) is 69.2 Å². The average molecular weight is 450 g/mol. The van der Waals surface area contributed by atoms with Crippen molar-refractivity contribution in [1.29, 1.82) is 0 Å². The second-order valence-corrected chi connectivity index (χ2v) is 7.48. The molecule has 1 aliphatic rings. The lowest BCUT2D eigenvalue weighted by molar-refractivity contribution is 0.324. The maximum atomic E-state index is 9.87. The van der Waals surface area contributed by atoms with Gasteiger partial charge in [-0.1, -0.05) is 42.5 Å². The summed E-state index contributed by atoms with van der Waals surface area (Å²) in [7, 11) is 6.36. The number of rotatable bonds is 10. The number of phenols is 1. The van der Waals surface area contributed by atoms with Crippen molar-refractivity contribution in [2.75, 3.05) is 28.4 Å². The molecule has 174 valence electrons. The van der Waals surface area contributed by atoms with Crippen LogP contribution < -0.4 is 24.3 Å². The number of phenolic OH excluding ortho intramolecular Hbond substituents is 1. The minimum atomic E-state index is 0.156.